The number of aldehydes is 1. The van der Waals surface area contributed by atoms with Gasteiger partial charge in [-0.25, -0.2) is 17.2 Å². The van der Waals surface area contributed by atoms with Crippen LogP contribution in [0.4, 0.5) is 22.0 Å². The van der Waals surface area contributed by atoms with E-state index in [1.54, 1.807) is 0 Å². The summed E-state index contributed by atoms with van der Waals surface area (Å²) < 4.78 is 105. The summed E-state index contributed by atoms with van der Waals surface area (Å²) in [4.78, 5) is 11.4. The van der Waals surface area contributed by atoms with Gasteiger partial charge in [0.25, 0.3) is 0 Å². The van der Waals surface area contributed by atoms with Crippen LogP contribution in [0, 0.1) is 17.6 Å². The Morgan fingerprint density at radius 2 is 1.69 bits per heavy atom. The summed E-state index contributed by atoms with van der Waals surface area (Å²) in [5, 5.41) is 0. The Labute approximate surface area is 180 Å². The molecule has 0 aromatic heterocycles. The number of hydrogen-bond donors (Lipinski definition) is 0. The van der Waals surface area contributed by atoms with Crippen molar-refractivity contribution in [1.29, 1.82) is 0 Å². The summed E-state index contributed by atoms with van der Waals surface area (Å²) >= 11 is 0. The summed E-state index contributed by atoms with van der Waals surface area (Å²) in [5.74, 6) is -3.97. The molecule has 0 saturated carbocycles. The molecule has 2 aliphatic rings. The molecule has 0 N–H and O–H groups in total. The van der Waals surface area contributed by atoms with Crippen LogP contribution in [0.3, 0.4) is 0 Å². The number of hydrogen-bond acceptors (Lipinski definition) is 5. The van der Waals surface area contributed by atoms with E-state index >= 15 is 4.39 Å². The number of sulfone groups is 1. The van der Waals surface area contributed by atoms with Gasteiger partial charge in [0.2, 0.25) is 0 Å². The Bertz CT molecular complexity index is 1180. The molecular weight excluding hydrogens is 459 g/mol. The lowest BCUT2D eigenvalue weighted by Crippen LogP contribution is -2.62. The van der Waals surface area contributed by atoms with Crippen LogP contribution < -0.4 is 4.74 Å². The Morgan fingerprint density at radius 3 is 2.28 bits per heavy atom. The Kier molecular flexibility index (Phi) is 5.13. The van der Waals surface area contributed by atoms with Crippen molar-refractivity contribution in [2.24, 2.45) is 5.92 Å². The van der Waals surface area contributed by atoms with Gasteiger partial charge in [0.05, 0.1) is 28.5 Å². The maximum Gasteiger partial charge on any atom is 0.416 e. The first-order chi connectivity index (χ1) is 14.9. The van der Waals surface area contributed by atoms with E-state index in [4.69, 9.17) is 9.47 Å². The van der Waals surface area contributed by atoms with E-state index in [1.165, 1.54) is 6.92 Å². The highest BCUT2D eigenvalue weighted by Gasteiger charge is 2.65. The van der Waals surface area contributed by atoms with Crippen molar-refractivity contribution in [3.05, 3.63) is 59.2 Å². The fourth-order valence-corrected chi connectivity index (χ4v) is 7.00. The number of alkyl halides is 3. The Morgan fingerprint density at radius 1 is 1.06 bits per heavy atom. The summed E-state index contributed by atoms with van der Waals surface area (Å²) in [7, 11) is -4.67. The summed E-state index contributed by atoms with van der Waals surface area (Å²) in [6.45, 7) is 0.538. The molecule has 2 aliphatic heterocycles. The molecule has 2 aromatic carbocycles. The number of ether oxygens (including phenoxy) is 2. The zero-order valence-electron chi connectivity index (χ0n) is 16.6. The van der Waals surface area contributed by atoms with E-state index in [-0.39, 0.29) is 13.0 Å². The highest BCUT2D eigenvalue weighted by atomic mass is 32.2. The number of carbonyl (C=O) groups excluding carboxylic acids is 1. The minimum atomic E-state index is -4.70. The van der Waals surface area contributed by atoms with Gasteiger partial charge < -0.3 is 14.3 Å². The third-order valence-corrected chi connectivity index (χ3v) is 8.77. The Balaban J connectivity index is 2.02. The molecule has 0 bridgehead atoms. The number of halogens is 5. The predicted molar refractivity (Wildman–Crippen MR) is 101 cm³/mol. The zero-order valence-corrected chi connectivity index (χ0v) is 17.4. The highest BCUT2D eigenvalue weighted by Crippen LogP contribution is 2.57. The lowest BCUT2D eigenvalue weighted by Gasteiger charge is -2.52. The SMILES string of the molecule is C[C@@]1(C=O)OCC[C@@]2(S(=O)(=O)c3ccc(C(F)(F)F)cc3)c3c(F)ccc(F)c3OCC12. The molecular formula is C21H17F5O5S. The van der Waals surface area contributed by atoms with E-state index in [1.807, 2.05) is 0 Å². The minimum absolute atomic E-state index is 0.291. The monoisotopic (exact) mass is 476 g/mol. The lowest BCUT2D eigenvalue weighted by atomic mass is 9.71. The molecule has 5 nitrogen and oxygen atoms in total. The summed E-state index contributed by atoms with van der Waals surface area (Å²) in [5.41, 5.74) is -3.39. The standard InChI is InChI=1S/C21H17F5O5S/c1-19(11-27)16-10-30-18-15(23)7-6-14(22)17(18)20(16,8-9-31-19)32(28,29)13-4-2-12(3-5-13)21(24,25)26/h2-7,11,16H,8-10H2,1H3/t16?,19-,20-/m0/s1. The molecule has 2 heterocycles. The molecule has 3 atom stereocenters. The largest absolute Gasteiger partial charge is 0.490 e. The fraction of sp³-hybridized carbons (Fsp3) is 0.381. The van der Waals surface area contributed by atoms with Gasteiger partial charge in [-0.15, -0.1) is 0 Å². The molecule has 0 spiro atoms. The molecule has 1 fully saturated rings. The third kappa shape index (κ3) is 3.05. The van der Waals surface area contributed by atoms with E-state index in [9.17, 15) is 30.8 Å². The van der Waals surface area contributed by atoms with Gasteiger partial charge in [-0.2, -0.15) is 13.2 Å². The normalized spacial score (nSPS) is 27.8. The Hall–Kier alpha value is -2.53. The van der Waals surface area contributed by atoms with Crippen LogP contribution in [0.25, 0.3) is 0 Å². The molecule has 32 heavy (non-hydrogen) atoms. The maximum absolute atomic E-state index is 15.1. The molecule has 1 saturated heterocycles. The third-order valence-electron chi connectivity index (χ3n) is 6.22. The molecule has 0 amide bonds. The van der Waals surface area contributed by atoms with Crippen LogP contribution in [0.15, 0.2) is 41.3 Å². The van der Waals surface area contributed by atoms with Crippen LogP contribution >= 0.6 is 0 Å². The second kappa shape index (κ2) is 7.24. The van der Waals surface area contributed by atoms with Crippen LogP contribution in [0.2, 0.25) is 0 Å². The number of benzene rings is 2. The molecule has 2 aromatic rings. The van der Waals surface area contributed by atoms with Gasteiger partial charge in [0.15, 0.2) is 27.7 Å². The maximum atomic E-state index is 15.1. The van der Waals surface area contributed by atoms with Crippen LogP contribution in [0.1, 0.15) is 24.5 Å². The predicted octanol–water partition coefficient (Wildman–Crippen LogP) is 4.04. The molecule has 0 radical (unpaired) electrons. The van der Waals surface area contributed by atoms with Gasteiger partial charge in [0, 0.05) is 6.61 Å². The van der Waals surface area contributed by atoms with E-state index in [0.717, 1.165) is 24.3 Å². The van der Waals surface area contributed by atoms with Crippen LogP contribution in [-0.4, -0.2) is 33.5 Å². The zero-order chi connectivity index (χ0) is 23.5. The van der Waals surface area contributed by atoms with Crippen molar-refractivity contribution >= 4 is 16.1 Å². The summed E-state index contributed by atoms with van der Waals surface area (Å²) in [6, 6.07) is 4.26. The molecule has 172 valence electrons. The lowest BCUT2D eigenvalue weighted by molar-refractivity contribution is -0.157. The second-order valence-electron chi connectivity index (χ2n) is 7.91. The second-order valence-corrected chi connectivity index (χ2v) is 10.1. The summed E-state index contributed by atoms with van der Waals surface area (Å²) in [6.07, 6.45) is -4.68. The van der Waals surface area contributed by atoms with E-state index < -0.39 is 72.3 Å². The number of fused-ring (bicyclic) bond motifs is 3. The quantitative estimate of drug-likeness (QED) is 0.494. The van der Waals surface area contributed by atoms with Gasteiger partial charge in [0.1, 0.15) is 16.2 Å². The first-order valence-corrected chi connectivity index (χ1v) is 11.0. The number of rotatable bonds is 3. The first-order valence-electron chi connectivity index (χ1n) is 9.52. The van der Waals surface area contributed by atoms with Crippen LogP contribution in [0.5, 0.6) is 5.75 Å². The minimum Gasteiger partial charge on any atom is -0.490 e. The highest BCUT2D eigenvalue weighted by molar-refractivity contribution is 7.92. The fourth-order valence-electron chi connectivity index (χ4n) is 4.60. The van der Waals surface area contributed by atoms with Crippen molar-refractivity contribution in [1.82, 2.24) is 0 Å². The van der Waals surface area contributed by atoms with Crippen molar-refractivity contribution in [2.45, 2.75) is 34.8 Å². The van der Waals surface area contributed by atoms with Crippen molar-refractivity contribution in [3.63, 3.8) is 0 Å². The topological polar surface area (TPSA) is 69.7 Å². The van der Waals surface area contributed by atoms with Crippen molar-refractivity contribution in [3.8, 4) is 5.75 Å². The average molecular weight is 476 g/mol. The van der Waals surface area contributed by atoms with Gasteiger partial charge in [-0.3, -0.25) is 0 Å². The van der Waals surface area contributed by atoms with Gasteiger partial charge >= 0.3 is 6.18 Å². The molecule has 11 heteroatoms. The van der Waals surface area contributed by atoms with Gasteiger partial charge in [-0.1, -0.05) is 0 Å². The molecule has 0 aliphatic carbocycles. The molecule has 4 rings (SSSR count). The van der Waals surface area contributed by atoms with Crippen LogP contribution in [-0.2, 0) is 30.3 Å². The van der Waals surface area contributed by atoms with Crippen molar-refractivity contribution in [2.75, 3.05) is 13.2 Å². The average Bonchev–Trinajstić information content (AvgIpc) is 2.75. The van der Waals surface area contributed by atoms with Crippen molar-refractivity contribution < 1.29 is 44.6 Å². The first kappa shape index (κ1) is 22.7. The number of carbonyl (C=O) groups is 1. The van der Waals surface area contributed by atoms with E-state index in [2.05, 4.69) is 0 Å². The van der Waals surface area contributed by atoms with Gasteiger partial charge in [-0.05, 0) is 49.7 Å². The smallest absolute Gasteiger partial charge is 0.416 e. The molecule has 1 unspecified atom stereocenters. The van der Waals surface area contributed by atoms with E-state index in [0.29, 0.717) is 18.4 Å².